The van der Waals surface area contributed by atoms with Crippen molar-refractivity contribution >= 4 is 19.7 Å². The third-order valence-electron chi connectivity index (χ3n) is 12.4. The molecule has 0 bridgehead atoms. The molecule has 0 saturated carbocycles. The summed E-state index contributed by atoms with van der Waals surface area (Å²) in [5.41, 5.74) is 0. The van der Waals surface area contributed by atoms with Crippen LogP contribution in [0.1, 0.15) is 245 Å². The van der Waals surface area contributed by atoms with E-state index in [9.17, 15) is 19.0 Å². The molecule has 0 aliphatic heterocycles. The average molecular weight is 1000 g/mol. The minimum Gasteiger partial charge on any atom is -0.456 e. The fraction of sp³-hybridized carbons (Fsp3) is 0.767. The highest BCUT2D eigenvalue weighted by molar-refractivity contribution is 7.47. The normalized spacial score (nSPS) is 14.3. The van der Waals surface area contributed by atoms with Crippen molar-refractivity contribution < 1.29 is 37.3 Å². The number of nitrogens with zero attached hydrogens (tertiary/aromatic N) is 1. The maximum absolute atomic E-state index is 13.5. The lowest BCUT2D eigenvalue weighted by Crippen LogP contribution is -2.47. The van der Waals surface area contributed by atoms with Gasteiger partial charge in [-0.25, -0.2) is 4.57 Å². The molecule has 0 aliphatic rings. The molecule has 0 saturated heterocycles. The maximum atomic E-state index is 13.5. The van der Waals surface area contributed by atoms with E-state index in [4.69, 9.17) is 13.8 Å². The summed E-state index contributed by atoms with van der Waals surface area (Å²) < 4.78 is 30.6. The SMILES string of the molecule is CC/C=C/C/C=C/C/C=C/CCCCCCC(=O)OC(/C=C/CCCCCCCCCCCCC)C(COP(=O)(O)OCC[N+](C)(C)C)NC(=O)CCCCCCCCC/C=C\C/C=C\CCCCC. The van der Waals surface area contributed by atoms with Crippen LogP contribution in [0.5, 0.6) is 0 Å². The molecule has 0 rings (SSSR count). The van der Waals surface area contributed by atoms with Crippen molar-refractivity contribution in [2.75, 3.05) is 40.9 Å². The lowest BCUT2D eigenvalue weighted by molar-refractivity contribution is -0.870. The molecule has 0 aromatic rings. The number of phosphoric acid groups is 1. The van der Waals surface area contributed by atoms with Crippen LogP contribution in [0.3, 0.4) is 0 Å². The number of quaternary nitrogens is 1. The van der Waals surface area contributed by atoms with Gasteiger partial charge in [0.25, 0.3) is 0 Å². The molecule has 0 spiro atoms. The first-order valence-electron chi connectivity index (χ1n) is 28.8. The average Bonchev–Trinajstić information content (AvgIpc) is 3.32. The molecule has 10 heteroatoms. The second-order valence-electron chi connectivity index (χ2n) is 20.4. The number of amides is 1. The predicted molar refractivity (Wildman–Crippen MR) is 300 cm³/mol. The zero-order chi connectivity index (χ0) is 51.5. The lowest BCUT2D eigenvalue weighted by Gasteiger charge is -2.27. The van der Waals surface area contributed by atoms with Crippen molar-refractivity contribution in [3.63, 3.8) is 0 Å². The Morgan fingerprint density at radius 2 is 0.914 bits per heavy atom. The zero-order valence-electron chi connectivity index (χ0n) is 46.2. The van der Waals surface area contributed by atoms with Crippen molar-refractivity contribution in [1.82, 2.24) is 5.32 Å². The second-order valence-corrected chi connectivity index (χ2v) is 21.9. The Bertz CT molecular complexity index is 1430. The number of allylic oxidation sites excluding steroid dienone is 11. The van der Waals surface area contributed by atoms with Crippen LogP contribution in [0.25, 0.3) is 0 Å². The van der Waals surface area contributed by atoms with Crippen molar-refractivity contribution in [3.05, 3.63) is 72.9 Å². The van der Waals surface area contributed by atoms with Crippen LogP contribution in [-0.2, 0) is 27.9 Å². The standard InChI is InChI=1S/C60H109N2O7P/c1-7-10-13-16-19-22-25-28-30-31-32-34-37-40-43-46-49-52-59(63)61-57(56-68-70(65,66)67-55-54-62(4,5)6)58(51-48-45-42-39-36-33-27-24-21-18-15-12-9-3)69-60(64)53-50-47-44-41-38-35-29-26-23-20-17-14-11-8-2/h11,14,19-20,22-23,28-30,35,48,51,57-58H,7-10,12-13,15-18,21,24-27,31-34,36-47,49-50,52-56H2,1-6H3,(H-,61,63,65,66)/p+1/b14-11+,22-19-,23-20+,30-28-,35-29+,51-48+. The number of likely N-dealkylation sites (N-methyl/N-ethyl adjacent to an activating group) is 1. The summed E-state index contributed by atoms with van der Waals surface area (Å²) in [6.45, 7) is 6.85. The number of hydrogen-bond acceptors (Lipinski definition) is 6. The Morgan fingerprint density at radius 1 is 0.514 bits per heavy atom. The van der Waals surface area contributed by atoms with Crippen molar-refractivity contribution in [2.45, 2.75) is 258 Å². The number of nitrogens with one attached hydrogen (secondary N) is 1. The molecule has 70 heavy (non-hydrogen) atoms. The molecular formula is C60H110N2O7P+. The minimum atomic E-state index is -4.45. The van der Waals surface area contributed by atoms with Gasteiger partial charge < -0.3 is 19.4 Å². The molecule has 3 atom stereocenters. The van der Waals surface area contributed by atoms with Gasteiger partial charge in [-0.05, 0) is 96.0 Å². The molecule has 1 amide bonds. The van der Waals surface area contributed by atoms with E-state index in [-0.39, 0.29) is 31.5 Å². The quantitative estimate of drug-likeness (QED) is 0.0205. The van der Waals surface area contributed by atoms with Gasteiger partial charge in [0.2, 0.25) is 5.91 Å². The van der Waals surface area contributed by atoms with Gasteiger partial charge in [0.05, 0.1) is 33.8 Å². The van der Waals surface area contributed by atoms with E-state index < -0.39 is 20.0 Å². The van der Waals surface area contributed by atoms with E-state index in [0.717, 1.165) is 103 Å². The Kier molecular flexibility index (Phi) is 48.2. The number of esters is 1. The molecule has 406 valence electrons. The zero-order valence-corrected chi connectivity index (χ0v) is 47.1. The largest absolute Gasteiger partial charge is 0.472 e. The third kappa shape index (κ3) is 50.4. The van der Waals surface area contributed by atoms with Crippen LogP contribution in [0.2, 0.25) is 0 Å². The van der Waals surface area contributed by atoms with E-state index in [1.54, 1.807) is 0 Å². The molecule has 2 N–H and O–H groups in total. The van der Waals surface area contributed by atoms with Crippen molar-refractivity contribution in [3.8, 4) is 0 Å². The Hall–Kier alpha value is -2.55. The van der Waals surface area contributed by atoms with Crippen molar-refractivity contribution in [1.29, 1.82) is 0 Å². The van der Waals surface area contributed by atoms with Gasteiger partial charge in [-0.3, -0.25) is 18.6 Å². The summed E-state index contributed by atoms with van der Waals surface area (Å²) in [5.74, 6) is -0.541. The molecule has 3 unspecified atom stereocenters. The molecule has 0 heterocycles. The number of phosphoric ester groups is 1. The number of carbonyl (C=O) groups excluding carboxylic acids is 2. The first kappa shape index (κ1) is 67.5. The third-order valence-corrected chi connectivity index (χ3v) is 13.4. The van der Waals surface area contributed by atoms with Gasteiger partial charge in [0.15, 0.2) is 0 Å². The number of hydrogen-bond donors (Lipinski definition) is 2. The van der Waals surface area contributed by atoms with Crippen LogP contribution >= 0.6 is 7.82 Å². The summed E-state index contributed by atoms with van der Waals surface area (Å²) in [4.78, 5) is 37.6. The number of rotatable bonds is 51. The summed E-state index contributed by atoms with van der Waals surface area (Å²) in [5, 5.41) is 3.04. The van der Waals surface area contributed by atoms with Crippen molar-refractivity contribution in [2.24, 2.45) is 0 Å². The highest BCUT2D eigenvalue weighted by Gasteiger charge is 2.30. The number of unbranched alkanes of at least 4 members (excludes halogenated alkanes) is 25. The monoisotopic (exact) mass is 1000 g/mol. The highest BCUT2D eigenvalue weighted by Crippen LogP contribution is 2.43. The van der Waals surface area contributed by atoms with Gasteiger partial charge in [-0.2, -0.15) is 0 Å². The van der Waals surface area contributed by atoms with E-state index in [1.807, 2.05) is 33.3 Å². The van der Waals surface area contributed by atoms with Gasteiger partial charge in [0, 0.05) is 12.8 Å². The van der Waals surface area contributed by atoms with Gasteiger partial charge >= 0.3 is 13.8 Å². The van der Waals surface area contributed by atoms with E-state index in [0.29, 0.717) is 23.9 Å². The fourth-order valence-corrected chi connectivity index (χ4v) is 8.66. The Morgan fingerprint density at radius 3 is 1.40 bits per heavy atom. The molecule has 0 aromatic carbocycles. The number of carbonyl (C=O) groups is 2. The Labute approximate surface area is 432 Å². The van der Waals surface area contributed by atoms with Crippen LogP contribution in [-0.4, -0.2) is 74.3 Å². The molecule has 0 aliphatic carbocycles. The molecule has 9 nitrogen and oxygen atoms in total. The summed E-state index contributed by atoms with van der Waals surface area (Å²) in [6.07, 6.45) is 63.2. The number of ether oxygens (including phenoxy) is 1. The van der Waals surface area contributed by atoms with E-state index in [1.165, 1.54) is 103 Å². The van der Waals surface area contributed by atoms with E-state index in [2.05, 4.69) is 86.8 Å². The first-order chi connectivity index (χ1) is 33.9. The minimum absolute atomic E-state index is 0.0323. The molecular weight excluding hydrogens is 892 g/mol. The lowest BCUT2D eigenvalue weighted by atomic mass is 10.0. The van der Waals surface area contributed by atoms with E-state index >= 15 is 0 Å². The first-order valence-corrected chi connectivity index (χ1v) is 30.3. The maximum Gasteiger partial charge on any atom is 0.472 e. The van der Waals surface area contributed by atoms with Gasteiger partial charge in [-0.15, -0.1) is 0 Å². The second kappa shape index (κ2) is 50.0. The summed E-state index contributed by atoms with van der Waals surface area (Å²) in [7, 11) is 1.47. The summed E-state index contributed by atoms with van der Waals surface area (Å²) in [6, 6.07) is -0.863. The van der Waals surface area contributed by atoms with Crippen LogP contribution in [0.15, 0.2) is 72.9 Å². The fourth-order valence-electron chi connectivity index (χ4n) is 7.92. The molecule has 0 radical (unpaired) electrons. The van der Waals surface area contributed by atoms with Gasteiger partial charge in [0.1, 0.15) is 19.3 Å². The molecule has 0 fully saturated rings. The summed E-state index contributed by atoms with van der Waals surface area (Å²) >= 11 is 0. The van der Waals surface area contributed by atoms with Gasteiger partial charge in [-0.1, -0.05) is 210 Å². The Balaban J connectivity index is 5.41. The van der Waals surface area contributed by atoms with Crippen LogP contribution < -0.4 is 5.32 Å². The predicted octanol–water partition coefficient (Wildman–Crippen LogP) is 17.3. The highest BCUT2D eigenvalue weighted by atomic mass is 31.2. The van der Waals surface area contributed by atoms with Crippen LogP contribution in [0.4, 0.5) is 0 Å². The molecule has 0 aromatic heterocycles. The smallest absolute Gasteiger partial charge is 0.456 e. The van der Waals surface area contributed by atoms with Crippen LogP contribution in [0, 0.1) is 0 Å². The topological polar surface area (TPSA) is 111 Å².